The zero-order valence-electron chi connectivity index (χ0n) is 9.73. The van der Waals surface area contributed by atoms with Gasteiger partial charge in [0.15, 0.2) is 0 Å². The van der Waals surface area contributed by atoms with Crippen molar-refractivity contribution < 1.29 is 9.90 Å². The van der Waals surface area contributed by atoms with Gasteiger partial charge in [0.2, 0.25) is 5.91 Å². The maximum Gasteiger partial charge on any atom is 0.249 e. The Morgan fingerprint density at radius 3 is 2.06 bits per heavy atom. The number of fused-ring (bicyclic) bond motifs is 3. The van der Waals surface area contributed by atoms with E-state index in [0.717, 1.165) is 25.7 Å². The minimum atomic E-state index is -1.29. The second-order valence-electron chi connectivity index (χ2n) is 5.34. The van der Waals surface area contributed by atoms with Gasteiger partial charge in [-0.15, -0.1) is 0 Å². The number of rotatable bonds is 1. The quantitative estimate of drug-likeness (QED) is 0.758. The van der Waals surface area contributed by atoms with Crippen molar-refractivity contribution in [1.29, 1.82) is 0 Å². The Morgan fingerprint density at radius 1 is 1.18 bits per heavy atom. The van der Waals surface area contributed by atoms with Crippen molar-refractivity contribution >= 4 is 5.91 Å². The first-order chi connectivity index (χ1) is 8.12. The van der Waals surface area contributed by atoms with Crippen LogP contribution in [0.2, 0.25) is 0 Å². The lowest BCUT2D eigenvalue weighted by atomic mass is 9.82. The van der Waals surface area contributed by atoms with Crippen LogP contribution in [0.15, 0.2) is 24.3 Å². The van der Waals surface area contributed by atoms with Crippen LogP contribution in [-0.4, -0.2) is 16.6 Å². The predicted octanol–water partition coefficient (Wildman–Crippen LogP) is 1.03. The molecule has 1 amide bonds. The van der Waals surface area contributed by atoms with Gasteiger partial charge in [-0.3, -0.25) is 4.79 Å². The normalized spacial score (nSPS) is 35.1. The molecule has 2 aliphatic carbocycles. The average molecular weight is 231 g/mol. The third-order valence-electron chi connectivity index (χ3n) is 4.55. The molecular formula is C14H17NO2. The Hall–Kier alpha value is -1.35. The highest BCUT2D eigenvalue weighted by atomic mass is 16.3. The number of hydrogen-bond donors (Lipinski definition) is 2. The van der Waals surface area contributed by atoms with Gasteiger partial charge in [-0.2, -0.15) is 0 Å². The highest BCUT2D eigenvalue weighted by molar-refractivity contribution is 5.84. The van der Waals surface area contributed by atoms with E-state index in [1.54, 1.807) is 0 Å². The first-order valence-corrected chi connectivity index (χ1v) is 6.21. The lowest BCUT2D eigenvalue weighted by Gasteiger charge is -2.30. The largest absolute Gasteiger partial charge is 0.379 e. The van der Waals surface area contributed by atoms with Gasteiger partial charge in [-0.05, 0) is 36.8 Å². The molecule has 2 unspecified atom stereocenters. The van der Waals surface area contributed by atoms with E-state index in [1.807, 2.05) is 12.1 Å². The molecule has 3 rings (SSSR count). The maximum atomic E-state index is 11.6. The highest BCUT2D eigenvalue weighted by Crippen LogP contribution is 2.46. The van der Waals surface area contributed by atoms with Crippen LogP contribution in [-0.2, 0) is 17.6 Å². The lowest BCUT2D eigenvalue weighted by Crippen LogP contribution is -2.51. The molecule has 0 spiro atoms. The molecule has 0 radical (unpaired) electrons. The van der Waals surface area contributed by atoms with Gasteiger partial charge in [0, 0.05) is 11.8 Å². The monoisotopic (exact) mass is 231 g/mol. The molecule has 0 heterocycles. The van der Waals surface area contributed by atoms with Crippen LogP contribution in [0, 0.1) is 11.8 Å². The molecule has 1 aromatic rings. The zero-order valence-corrected chi connectivity index (χ0v) is 9.73. The average Bonchev–Trinajstić information content (AvgIpc) is 2.53. The molecular weight excluding hydrogens is 214 g/mol. The zero-order chi connectivity index (χ0) is 12.0. The summed E-state index contributed by atoms with van der Waals surface area (Å²) in [5, 5.41) is 10.6. The number of amides is 1. The van der Waals surface area contributed by atoms with Crippen molar-refractivity contribution in [3.63, 3.8) is 0 Å². The van der Waals surface area contributed by atoms with Crippen LogP contribution in [0.5, 0.6) is 0 Å². The minimum Gasteiger partial charge on any atom is -0.379 e. The summed E-state index contributed by atoms with van der Waals surface area (Å²) in [5.41, 5.74) is 6.67. The fourth-order valence-electron chi connectivity index (χ4n) is 3.58. The van der Waals surface area contributed by atoms with E-state index in [2.05, 4.69) is 12.1 Å². The third kappa shape index (κ3) is 1.42. The van der Waals surface area contributed by atoms with Crippen molar-refractivity contribution in [3.05, 3.63) is 35.4 Å². The second kappa shape index (κ2) is 3.57. The number of benzene rings is 1. The molecule has 2 bridgehead atoms. The van der Waals surface area contributed by atoms with Crippen LogP contribution in [0.25, 0.3) is 0 Å². The molecule has 1 saturated carbocycles. The fraction of sp³-hybridized carbons (Fsp3) is 0.500. The summed E-state index contributed by atoms with van der Waals surface area (Å²) in [6, 6.07) is 8.22. The number of hydrogen-bond acceptors (Lipinski definition) is 2. The first kappa shape index (κ1) is 10.8. The molecule has 0 saturated heterocycles. The summed E-state index contributed by atoms with van der Waals surface area (Å²) < 4.78 is 0. The number of carbonyl (C=O) groups is 1. The lowest BCUT2D eigenvalue weighted by molar-refractivity contribution is -0.144. The van der Waals surface area contributed by atoms with Gasteiger partial charge in [-0.1, -0.05) is 24.3 Å². The van der Waals surface area contributed by atoms with Gasteiger partial charge < -0.3 is 10.8 Å². The van der Waals surface area contributed by atoms with Crippen molar-refractivity contribution in [2.75, 3.05) is 0 Å². The van der Waals surface area contributed by atoms with Crippen molar-refractivity contribution in [2.45, 2.75) is 31.3 Å². The second-order valence-corrected chi connectivity index (χ2v) is 5.34. The molecule has 3 N–H and O–H groups in total. The molecule has 2 aliphatic rings. The summed E-state index contributed by atoms with van der Waals surface area (Å²) in [7, 11) is 0. The van der Waals surface area contributed by atoms with Gasteiger partial charge in [0.1, 0.15) is 5.60 Å². The Labute approximate surface area is 101 Å². The molecule has 17 heavy (non-hydrogen) atoms. The molecule has 90 valence electrons. The van der Waals surface area contributed by atoms with Crippen LogP contribution in [0.3, 0.4) is 0 Å². The molecule has 0 aliphatic heterocycles. The van der Waals surface area contributed by atoms with E-state index in [-0.39, 0.29) is 11.8 Å². The van der Waals surface area contributed by atoms with Crippen molar-refractivity contribution in [3.8, 4) is 0 Å². The summed E-state index contributed by atoms with van der Waals surface area (Å²) in [6.45, 7) is 0. The molecule has 3 heteroatoms. The smallest absolute Gasteiger partial charge is 0.249 e. The topological polar surface area (TPSA) is 63.3 Å². The van der Waals surface area contributed by atoms with E-state index >= 15 is 0 Å². The molecule has 1 fully saturated rings. The van der Waals surface area contributed by atoms with Crippen LogP contribution >= 0.6 is 0 Å². The van der Waals surface area contributed by atoms with E-state index in [0.29, 0.717) is 0 Å². The Balaban J connectivity index is 2.06. The number of primary amides is 1. The van der Waals surface area contributed by atoms with Gasteiger partial charge >= 0.3 is 0 Å². The van der Waals surface area contributed by atoms with Gasteiger partial charge in [0.25, 0.3) is 0 Å². The number of nitrogens with two attached hydrogens (primary N) is 1. The van der Waals surface area contributed by atoms with Gasteiger partial charge in [-0.25, -0.2) is 0 Å². The standard InChI is InChI=1S/C14H17NO2/c15-13(16)14(17)11-5-6-12(14)8-10-4-2-1-3-9(10)7-11/h1-4,11-12,17H,5-8H2,(H2,15,16). The molecule has 0 aromatic heterocycles. The van der Waals surface area contributed by atoms with E-state index in [1.165, 1.54) is 11.1 Å². The summed E-state index contributed by atoms with van der Waals surface area (Å²) in [5.74, 6) is -0.555. The SMILES string of the molecule is NC(=O)C1(O)C2CCC1Cc1ccccc1C2. The summed E-state index contributed by atoms with van der Waals surface area (Å²) in [4.78, 5) is 11.6. The Bertz CT molecular complexity index is 436. The van der Waals surface area contributed by atoms with E-state index < -0.39 is 11.5 Å². The summed E-state index contributed by atoms with van der Waals surface area (Å²) >= 11 is 0. The fourth-order valence-corrected chi connectivity index (χ4v) is 3.58. The highest BCUT2D eigenvalue weighted by Gasteiger charge is 2.54. The maximum absolute atomic E-state index is 11.6. The first-order valence-electron chi connectivity index (χ1n) is 6.21. The van der Waals surface area contributed by atoms with E-state index in [4.69, 9.17) is 5.73 Å². The third-order valence-corrected chi connectivity index (χ3v) is 4.55. The van der Waals surface area contributed by atoms with Crippen molar-refractivity contribution in [1.82, 2.24) is 0 Å². The van der Waals surface area contributed by atoms with Crippen LogP contribution in [0.1, 0.15) is 24.0 Å². The molecule has 2 atom stereocenters. The minimum absolute atomic E-state index is 0.00588. The van der Waals surface area contributed by atoms with Crippen LogP contribution < -0.4 is 5.73 Å². The van der Waals surface area contributed by atoms with E-state index in [9.17, 15) is 9.90 Å². The Kier molecular flexibility index (Phi) is 2.26. The van der Waals surface area contributed by atoms with Gasteiger partial charge in [0.05, 0.1) is 0 Å². The Morgan fingerprint density at radius 2 is 1.65 bits per heavy atom. The van der Waals surface area contributed by atoms with Crippen LogP contribution in [0.4, 0.5) is 0 Å². The van der Waals surface area contributed by atoms with Crippen molar-refractivity contribution in [2.24, 2.45) is 17.6 Å². The number of carbonyl (C=O) groups excluding carboxylic acids is 1. The molecule has 3 nitrogen and oxygen atoms in total. The number of aliphatic hydroxyl groups is 1. The predicted molar refractivity (Wildman–Crippen MR) is 64.2 cm³/mol. The molecule has 1 aromatic carbocycles. The summed E-state index contributed by atoms with van der Waals surface area (Å²) in [6.07, 6.45) is 3.34.